The highest BCUT2D eigenvalue weighted by molar-refractivity contribution is 6.34. The van der Waals surface area contributed by atoms with Crippen LogP contribution < -0.4 is 5.32 Å². The van der Waals surface area contributed by atoms with Crippen molar-refractivity contribution in [3.63, 3.8) is 0 Å². The van der Waals surface area contributed by atoms with Gasteiger partial charge in [0, 0.05) is 22.7 Å². The van der Waals surface area contributed by atoms with Crippen LogP contribution >= 0.6 is 23.2 Å². The van der Waals surface area contributed by atoms with Crippen LogP contribution in [0.25, 0.3) is 5.83 Å². The van der Waals surface area contributed by atoms with E-state index in [9.17, 15) is 49.1 Å². The van der Waals surface area contributed by atoms with Crippen molar-refractivity contribution in [3.8, 4) is 0 Å². The molecule has 2 aromatic carbocycles. The number of nitrogens with zero attached hydrogens (tertiary/aromatic N) is 1. The van der Waals surface area contributed by atoms with Crippen LogP contribution in [0.1, 0.15) is 45.8 Å². The van der Waals surface area contributed by atoms with Crippen LogP contribution in [0.2, 0.25) is 10.0 Å². The number of benzene rings is 2. The van der Waals surface area contributed by atoms with Crippen LogP contribution in [-0.2, 0) is 11.0 Å². The van der Waals surface area contributed by atoms with Gasteiger partial charge in [0.15, 0.2) is 0 Å². The molecule has 0 spiro atoms. The number of allylic oxidation sites excluding steroid dienone is 1. The van der Waals surface area contributed by atoms with Gasteiger partial charge in [-0.25, -0.2) is 4.39 Å². The number of amides is 2. The molecular formula is C26H20Cl2F10N2O2. The van der Waals surface area contributed by atoms with Crippen molar-refractivity contribution in [2.24, 2.45) is 5.92 Å². The van der Waals surface area contributed by atoms with Crippen LogP contribution in [0.4, 0.5) is 43.9 Å². The maximum Gasteiger partial charge on any atom is 0.417 e. The summed E-state index contributed by atoms with van der Waals surface area (Å²) in [5.74, 6) is -7.67. The fourth-order valence-corrected chi connectivity index (χ4v) is 4.66. The maximum absolute atomic E-state index is 15.0. The van der Waals surface area contributed by atoms with Crippen molar-refractivity contribution in [1.82, 2.24) is 10.2 Å². The van der Waals surface area contributed by atoms with Crippen LogP contribution in [-0.4, -0.2) is 48.7 Å². The Morgan fingerprint density at radius 3 is 2.02 bits per heavy atom. The zero-order valence-electron chi connectivity index (χ0n) is 21.2. The number of halogens is 12. The summed E-state index contributed by atoms with van der Waals surface area (Å²) in [6.45, 7) is -1.67. The average Bonchev–Trinajstić information content (AvgIpc) is 3.67. The molecule has 0 heterocycles. The summed E-state index contributed by atoms with van der Waals surface area (Å²) >= 11 is 11.5. The second kappa shape index (κ2) is 12.3. The lowest BCUT2D eigenvalue weighted by Crippen LogP contribution is -2.50. The highest BCUT2D eigenvalue weighted by Crippen LogP contribution is 2.41. The largest absolute Gasteiger partial charge is 0.417 e. The van der Waals surface area contributed by atoms with Crippen LogP contribution in [0.5, 0.6) is 0 Å². The molecule has 1 fully saturated rings. The molecule has 4 nitrogen and oxygen atoms in total. The quantitative estimate of drug-likeness (QED) is 0.292. The van der Waals surface area contributed by atoms with Crippen molar-refractivity contribution in [3.05, 3.63) is 74.8 Å². The first-order valence-corrected chi connectivity index (χ1v) is 12.7. The fourth-order valence-electron chi connectivity index (χ4n) is 4.12. The van der Waals surface area contributed by atoms with Gasteiger partial charge in [-0.05, 0) is 60.7 Å². The number of hydrogen-bond donors (Lipinski definition) is 1. The number of carbonyl (C=O) groups excluding carboxylic acids is 2. The Morgan fingerprint density at radius 1 is 0.976 bits per heavy atom. The number of likely N-dealkylation sites (N-methyl/N-ethyl adjacent to an activating group) is 1. The van der Waals surface area contributed by atoms with Crippen LogP contribution in [0.3, 0.4) is 0 Å². The van der Waals surface area contributed by atoms with Gasteiger partial charge in [-0.3, -0.25) is 9.59 Å². The zero-order valence-corrected chi connectivity index (χ0v) is 22.7. The minimum Gasteiger partial charge on any atom is -0.340 e. The lowest BCUT2D eigenvalue weighted by Gasteiger charge is -2.26. The molecule has 0 saturated heterocycles. The first-order chi connectivity index (χ1) is 19.2. The van der Waals surface area contributed by atoms with E-state index in [1.807, 2.05) is 5.32 Å². The Labute approximate surface area is 242 Å². The van der Waals surface area contributed by atoms with Crippen molar-refractivity contribution in [2.45, 2.75) is 43.3 Å². The van der Waals surface area contributed by atoms with E-state index in [1.165, 1.54) is 0 Å². The summed E-state index contributed by atoms with van der Waals surface area (Å²) in [4.78, 5) is 25.7. The molecular weight excluding hydrogens is 633 g/mol. The van der Waals surface area contributed by atoms with Gasteiger partial charge in [-0.1, -0.05) is 29.3 Å². The normalized spacial score (nSPS) is 16.2. The molecule has 1 saturated carbocycles. The van der Waals surface area contributed by atoms with E-state index in [-0.39, 0.29) is 27.1 Å². The molecule has 0 aliphatic heterocycles. The second-order valence-electron chi connectivity index (χ2n) is 9.59. The lowest BCUT2D eigenvalue weighted by atomic mass is 9.95. The number of rotatable bonds is 8. The molecule has 0 aromatic heterocycles. The van der Waals surface area contributed by atoms with Gasteiger partial charge >= 0.3 is 18.5 Å². The summed E-state index contributed by atoms with van der Waals surface area (Å²) in [6.07, 6.45) is -14.6. The third-order valence-corrected chi connectivity index (χ3v) is 6.63. The highest BCUT2D eigenvalue weighted by Gasteiger charge is 2.43. The number of nitrogens with one attached hydrogen (secondary N) is 1. The van der Waals surface area contributed by atoms with Gasteiger partial charge in [-0.2, -0.15) is 39.5 Å². The fraction of sp³-hybridized carbons (Fsp3) is 0.385. The standard InChI is InChI=1S/C26H20Cl2F10N2O2/c1-40(11-24(30,31)32)23(42)21(12-2-3-12)39-22(41)17-5-4-13(8-19(17)26(36,37)38)20(29)10-18(25(33,34)35)14-6-15(27)9-16(28)7-14/h4-10,12,18,21H,2-3,11H2,1H3,(H,39,41)/b20-10-. The molecule has 230 valence electrons. The number of carbonyl (C=O) groups is 2. The van der Waals surface area contributed by atoms with Crippen molar-refractivity contribution in [2.75, 3.05) is 13.6 Å². The molecule has 42 heavy (non-hydrogen) atoms. The molecule has 1 N–H and O–H groups in total. The monoisotopic (exact) mass is 652 g/mol. The van der Waals surface area contributed by atoms with E-state index in [0.717, 1.165) is 25.2 Å². The molecule has 2 atom stereocenters. The molecule has 0 bridgehead atoms. The SMILES string of the molecule is CN(CC(F)(F)F)C(=O)C(NC(=O)c1ccc(/C(F)=C/C(c2cc(Cl)cc(Cl)c2)C(F)(F)F)cc1C(F)(F)F)C1CC1. The zero-order chi connectivity index (χ0) is 31.8. The van der Waals surface area contributed by atoms with Crippen molar-refractivity contribution in [1.29, 1.82) is 0 Å². The first-order valence-electron chi connectivity index (χ1n) is 11.9. The van der Waals surface area contributed by atoms with Crippen molar-refractivity contribution >= 4 is 40.8 Å². The van der Waals surface area contributed by atoms with Gasteiger partial charge in [0.05, 0.1) is 11.1 Å². The molecule has 0 radical (unpaired) electrons. The summed E-state index contributed by atoms with van der Waals surface area (Å²) in [6, 6.07) is 2.49. The summed E-state index contributed by atoms with van der Waals surface area (Å²) < 4.78 is 136. The summed E-state index contributed by atoms with van der Waals surface area (Å²) in [5.41, 5.74) is -4.42. The van der Waals surface area contributed by atoms with Crippen LogP contribution in [0, 0.1) is 5.92 Å². The Hall–Kier alpha value is -3.00. The predicted octanol–water partition coefficient (Wildman–Crippen LogP) is 8.20. The second-order valence-corrected chi connectivity index (χ2v) is 10.5. The third kappa shape index (κ3) is 8.76. The number of hydrogen-bond acceptors (Lipinski definition) is 2. The first kappa shape index (κ1) is 33.5. The highest BCUT2D eigenvalue weighted by atomic mass is 35.5. The average molecular weight is 653 g/mol. The van der Waals surface area contributed by atoms with E-state index in [4.69, 9.17) is 23.2 Å². The summed E-state index contributed by atoms with van der Waals surface area (Å²) in [7, 11) is 0.813. The molecule has 2 aromatic rings. The molecule has 1 aliphatic carbocycles. The minimum atomic E-state index is -5.32. The van der Waals surface area contributed by atoms with E-state index in [1.54, 1.807) is 0 Å². The van der Waals surface area contributed by atoms with E-state index < -0.39 is 82.8 Å². The molecule has 3 rings (SSSR count). The van der Waals surface area contributed by atoms with Gasteiger partial charge in [0.1, 0.15) is 24.3 Å². The topological polar surface area (TPSA) is 49.4 Å². The maximum atomic E-state index is 15.0. The minimum absolute atomic E-state index is 0.0233. The van der Waals surface area contributed by atoms with Crippen LogP contribution in [0.15, 0.2) is 42.5 Å². The van der Waals surface area contributed by atoms with Gasteiger partial charge in [-0.15, -0.1) is 0 Å². The molecule has 16 heteroatoms. The number of alkyl halides is 9. The molecule has 2 amide bonds. The Balaban J connectivity index is 1.97. The molecule has 2 unspecified atom stereocenters. The Bertz CT molecular complexity index is 1350. The van der Waals surface area contributed by atoms with E-state index in [0.29, 0.717) is 25.0 Å². The van der Waals surface area contributed by atoms with E-state index in [2.05, 4.69) is 0 Å². The lowest BCUT2D eigenvalue weighted by molar-refractivity contribution is -0.159. The molecule has 1 aliphatic rings. The smallest absolute Gasteiger partial charge is 0.340 e. The van der Waals surface area contributed by atoms with Gasteiger partial charge < -0.3 is 10.2 Å². The van der Waals surface area contributed by atoms with Gasteiger partial charge in [0.2, 0.25) is 5.91 Å². The van der Waals surface area contributed by atoms with Crippen molar-refractivity contribution < 1.29 is 53.5 Å². The van der Waals surface area contributed by atoms with Gasteiger partial charge in [0.25, 0.3) is 5.91 Å². The Kier molecular flexibility index (Phi) is 9.82. The predicted molar refractivity (Wildman–Crippen MR) is 133 cm³/mol. The van der Waals surface area contributed by atoms with E-state index >= 15 is 4.39 Å². The third-order valence-electron chi connectivity index (χ3n) is 6.19. The summed E-state index contributed by atoms with van der Waals surface area (Å²) in [5, 5.41) is 1.62. The Morgan fingerprint density at radius 2 is 1.55 bits per heavy atom.